The van der Waals surface area contributed by atoms with Crippen molar-refractivity contribution in [3.05, 3.63) is 30.1 Å². The van der Waals surface area contributed by atoms with Crippen molar-refractivity contribution < 1.29 is 14.6 Å². The zero-order valence-corrected chi connectivity index (χ0v) is 11.7. The summed E-state index contributed by atoms with van der Waals surface area (Å²) in [5.74, 6) is 0.242. The lowest BCUT2D eigenvalue weighted by Gasteiger charge is -2.20. The van der Waals surface area contributed by atoms with Crippen LogP contribution in [0.15, 0.2) is 24.5 Å². The summed E-state index contributed by atoms with van der Waals surface area (Å²) in [7, 11) is 0. The van der Waals surface area contributed by atoms with Crippen LogP contribution in [-0.2, 0) is 4.74 Å². The van der Waals surface area contributed by atoms with Crippen molar-refractivity contribution in [1.82, 2.24) is 9.97 Å². The molecular formula is C15H17N3O3. The van der Waals surface area contributed by atoms with E-state index in [2.05, 4.69) is 22.2 Å². The number of carboxylic acid groups (broad SMARTS) is 1. The molecule has 0 aliphatic carbocycles. The fourth-order valence-corrected chi connectivity index (χ4v) is 2.59. The molecule has 0 spiro atoms. The summed E-state index contributed by atoms with van der Waals surface area (Å²) in [5.41, 5.74) is 0.853. The van der Waals surface area contributed by atoms with Crippen LogP contribution in [0.5, 0.6) is 0 Å². The van der Waals surface area contributed by atoms with Crippen LogP contribution in [-0.4, -0.2) is 40.3 Å². The average molecular weight is 287 g/mol. The van der Waals surface area contributed by atoms with E-state index in [0.717, 1.165) is 30.8 Å². The van der Waals surface area contributed by atoms with E-state index in [1.165, 1.54) is 6.33 Å². The Morgan fingerprint density at radius 1 is 1.48 bits per heavy atom. The zero-order valence-electron chi connectivity index (χ0n) is 11.7. The fraction of sp³-hybridized carbons (Fsp3) is 0.400. The summed E-state index contributed by atoms with van der Waals surface area (Å²) in [6, 6.07) is 5.12. The van der Waals surface area contributed by atoms with Gasteiger partial charge in [0.2, 0.25) is 0 Å². The smallest absolute Gasteiger partial charge is 0.335 e. The van der Waals surface area contributed by atoms with Gasteiger partial charge in [0.1, 0.15) is 12.1 Å². The summed E-state index contributed by atoms with van der Waals surface area (Å²) in [5, 5.41) is 13.3. The molecule has 1 aromatic carbocycles. The molecule has 21 heavy (non-hydrogen) atoms. The van der Waals surface area contributed by atoms with Crippen LogP contribution in [0.1, 0.15) is 23.7 Å². The number of aromatic carboxylic acids is 1. The molecule has 0 bridgehead atoms. The number of hydrogen-bond donors (Lipinski definition) is 2. The SMILES string of the molecule is CC(Nc1ncnc2cc(C(=O)O)ccc12)C1CCOC1. The van der Waals surface area contributed by atoms with E-state index in [-0.39, 0.29) is 11.6 Å². The molecule has 2 aromatic rings. The van der Waals surface area contributed by atoms with Crippen molar-refractivity contribution in [2.45, 2.75) is 19.4 Å². The zero-order chi connectivity index (χ0) is 14.8. The topological polar surface area (TPSA) is 84.3 Å². The second-order valence-electron chi connectivity index (χ2n) is 5.32. The molecule has 2 N–H and O–H groups in total. The van der Waals surface area contributed by atoms with Crippen molar-refractivity contribution in [2.75, 3.05) is 18.5 Å². The van der Waals surface area contributed by atoms with Crippen LogP contribution in [0.2, 0.25) is 0 Å². The van der Waals surface area contributed by atoms with Crippen molar-refractivity contribution in [3.63, 3.8) is 0 Å². The van der Waals surface area contributed by atoms with Gasteiger partial charge in [0.15, 0.2) is 0 Å². The Balaban J connectivity index is 1.89. The second kappa shape index (κ2) is 5.65. The lowest BCUT2D eigenvalue weighted by molar-refractivity contribution is 0.0697. The molecule has 3 rings (SSSR count). The number of ether oxygens (including phenoxy) is 1. The molecule has 1 aliphatic heterocycles. The quantitative estimate of drug-likeness (QED) is 0.896. The minimum Gasteiger partial charge on any atom is -0.478 e. The van der Waals surface area contributed by atoms with E-state index < -0.39 is 5.97 Å². The molecule has 2 heterocycles. The molecule has 2 unspecified atom stereocenters. The van der Waals surface area contributed by atoms with Crippen LogP contribution in [0.3, 0.4) is 0 Å². The predicted molar refractivity (Wildman–Crippen MR) is 78.5 cm³/mol. The highest BCUT2D eigenvalue weighted by molar-refractivity contribution is 5.96. The van der Waals surface area contributed by atoms with Crippen molar-refractivity contribution in [1.29, 1.82) is 0 Å². The number of carboxylic acids is 1. The molecule has 2 atom stereocenters. The maximum absolute atomic E-state index is 11.0. The molecule has 1 fully saturated rings. The normalized spacial score (nSPS) is 19.6. The number of carbonyl (C=O) groups is 1. The summed E-state index contributed by atoms with van der Waals surface area (Å²) in [6.45, 7) is 3.68. The minimum atomic E-state index is -0.957. The van der Waals surface area contributed by atoms with E-state index in [1.807, 2.05) is 0 Å². The van der Waals surface area contributed by atoms with Gasteiger partial charge in [-0.25, -0.2) is 14.8 Å². The average Bonchev–Trinajstić information content (AvgIpc) is 3.01. The van der Waals surface area contributed by atoms with E-state index in [1.54, 1.807) is 18.2 Å². The highest BCUT2D eigenvalue weighted by Crippen LogP contribution is 2.24. The number of rotatable bonds is 4. The Labute approximate surface area is 122 Å². The number of hydrogen-bond acceptors (Lipinski definition) is 5. The molecule has 1 saturated heterocycles. The Morgan fingerprint density at radius 2 is 2.33 bits per heavy atom. The van der Waals surface area contributed by atoms with Gasteiger partial charge in [-0.2, -0.15) is 0 Å². The fourth-order valence-electron chi connectivity index (χ4n) is 2.59. The lowest BCUT2D eigenvalue weighted by atomic mass is 10.0. The maximum atomic E-state index is 11.0. The number of aromatic nitrogens is 2. The highest BCUT2D eigenvalue weighted by atomic mass is 16.5. The van der Waals surface area contributed by atoms with Gasteiger partial charge < -0.3 is 15.2 Å². The monoisotopic (exact) mass is 287 g/mol. The first-order chi connectivity index (χ1) is 10.1. The Kier molecular flexibility index (Phi) is 3.70. The van der Waals surface area contributed by atoms with Gasteiger partial charge in [0, 0.05) is 24.0 Å². The van der Waals surface area contributed by atoms with Crippen molar-refractivity contribution >= 4 is 22.7 Å². The first-order valence-corrected chi connectivity index (χ1v) is 6.97. The summed E-state index contributed by atoms with van der Waals surface area (Å²) in [4.78, 5) is 19.4. The molecule has 0 saturated carbocycles. The van der Waals surface area contributed by atoms with Gasteiger partial charge in [0.25, 0.3) is 0 Å². The second-order valence-corrected chi connectivity index (χ2v) is 5.32. The third-order valence-electron chi connectivity index (χ3n) is 3.92. The Bertz CT molecular complexity index is 668. The maximum Gasteiger partial charge on any atom is 0.335 e. The van der Waals surface area contributed by atoms with Gasteiger partial charge in [-0.1, -0.05) is 0 Å². The summed E-state index contributed by atoms with van der Waals surface area (Å²) in [6.07, 6.45) is 2.49. The molecular weight excluding hydrogens is 270 g/mol. The van der Waals surface area contributed by atoms with Gasteiger partial charge in [-0.3, -0.25) is 0 Å². The number of anilines is 1. The summed E-state index contributed by atoms with van der Waals surface area (Å²) >= 11 is 0. The molecule has 6 heteroatoms. The standard InChI is InChI=1S/C15H17N3O3/c1-9(11-4-5-21-7-11)18-14-12-3-2-10(15(19)20)6-13(12)16-8-17-14/h2-3,6,8-9,11H,4-5,7H2,1H3,(H,19,20)(H,16,17,18). The van der Waals surface area contributed by atoms with Crippen LogP contribution >= 0.6 is 0 Å². The number of benzene rings is 1. The number of nitrogens with zero attached hydrogens (tertiary/aromatic N) is 2. The molecule has 0 radical (unpaired) electrons. The van der Waals surface area contributed by atoms with E-state index >= 15 is 0 Å². The Hall–Kier alpha value is -2.21. The first-order valence-electron chi connectivity index (χ1n) is 6.97. The van der Waals surface area contributed by atoms with E-state index in [9.17, 15) is 4.79 Å². The molecule has 6 nitrogen and oxygen atoms in total. The molecule has 1 aromatic heterocycles. The van der Waals surface area contributed by atoms with Crippen molar-refractivity contribution in [3.8, 4) is 0 Å². The van der Waals surface area contributed by atoms with Gasteiger partial charge in [-0.15, -0.1) is 0 Å². The number of nitrogens with one attached hydrogen (secondary N) is 1. The van der Waals surface area contributed by atoms with Gasteiger partial charge in [-0.05, 0) is 31.5 Å². The third-order valence-corrected chi connectivity index (χ3v) is 3.92. The first kappa shape index (κ1) is 13.8. The Morgan fingerprint density at radius 3 is 3.05 bits per heavy atom. The van der Waals surface area contributed by atoms with Crippen molar-refractivity contribution in [2.24, 2.45) is 5.92 Å². The third kappa shape index (κ3) is 2.80. The number of fused-ring (bicyclic) bond motifs is 1. The van der Waals surface area contributed by atoms with Crippen LogP contribution in [0.25, 0.3) is 10.9 Å². The highest BCUT2D eigenvalue weighted by Gasteiger charge is 2.23. The minimum absolute atomic E-state index is 0.226. The van der Waals surface area contributed by atoms with Gasteiger partial charge >= 0.3 is 5.97 Å². The van der Waals surface area contributed by atoms with E-state index in [0.29, 0.717) is 11.4 Å². The molecule has 0 amide bonds. The van der Waals surface area contributed by atoms with Crippen LogP contribution < -0.4 is 5.32 Å². The largest absolute Gasteiger partial charge is 0.478 e. The predicted octanol–water partition coefficient (Wildman–Crippen LogP) is 2.16. The van der Waals surface area contributed by atoms with Crippen LogP contribution in [0, 0.1) is 5.92 Å². The lowest BCUT2D eigenvalue weighted by Crippen LogP contribution is -2.26. The summed E-state index contributed by atoms with van der Waals surface area (Å²) < 4.78 is 5.41. The molecule has 110 valence electrons. The van der Waals surface area contributed by atoms with E-state index in [4.69, 9.17) is 9.84 Å². The molecule has 1 aliphatic rings. The van der Waals surface area contributed by atoms with Gasteiger partial charge in [0.05, 0.1) is 17.7 Å². The van der Waals surface area contributed by atoms with Crippen LogP contribution in [0.4, 0.5) is 5.82 Å².